The lowest BCUT2D eigenvalue weighted by Gasteiger charge is -1.87. The van der Waals surface area contributed by atoms with Gasteiger partial charge in [0.2, 0.25) is 0 Å². The van der Waals surface area contributed by atoms with Gasteiger partial charge in [0.25, 0.3) is 0 Å². The summed E-state index contributed by atoms with van der Waals surface area (Å²) in [5.41, 5.74) is 2.04. The first kappa shape index (κ1) is 10.2. The summed E-state index contributed by atoms with van der Waals surface area (Å²) in [4.78, 5) is 4.05. The molecule has 0 aliphatic rings. The zero-order chi connectivity index (χ0) is 11.1. The van der Waals surface area contributed by atoms with E-state index >= 15 is 0 Å². The van der Waals surface area contributed by atoms with Crippen LogP contribution in [-0.2, 0) is 0 Å². The van der Waals surface area contributed by atoms with E-state index in [4.69, 9.17) is 0 Å². The quantitative estimate of drug-likeness (QED) is 0.501. The fourth-order valence-corrected chi connectivity index (χ4v) is 1.26. The van der Waals surface area contributed by atoms with Crippen LogP contribution in [-0.4, -0.2) is 6.21 Å². The first-order chi connectivity index (χ1) is 7.95. The molecule has 0 atom stereocenters. The first-order valence-corrected chi connectivity index (χ1v) is 5.09. The Morgan fingerprint density at radius 1 is 0.812 bits per heavy atom. The van der Waals surface area contributed by atoms with Crippen LogP contribution in [0.5, 0.6) is 0 Å². The van der Waals surface area contributed by atoms with Gasteiger partial charge in [0.05, 0.1) is 0 Å². The zero-order valence-corrected chi connectivity index (χ0v) is 8.80. The second-order valence-corrected chi connectivity index (χ2v) is 3.27. The third-order valence-corrected chi connectivity index (χ3v) is 2.05. The molecule has 0 saturated carbocycles. The summed E-state index contributed by atoms with van der Waals surface area (Å²) in [5, 5.41) is 0. The van der Waals surface area contributed by atoms with Crippen molar-refractivity contribution in [1.82, 2.24) is 0 Å². The van der Waals surface area contributed by atoms with E-state index in [1.807, 2.05) is 60.7 Å². The Kier molecular flexibility index (Phi) is 3.52. The molecule has 0 saturated heterocycles. The average molecular weight is 205 g/mol. The highest BCUT2D eigenvalue weighted by molar-refractivity contribution is 5.80. The number of aliphatic imine (C=N–C) groups is 1. The van der Waals surface area contributed by atoms with Gasteiger partial charge in [0.15, 0.2) is 0 Å². The van der Waals surface area contributed by atoms with Crippen LogP contribution in [0.15, 0.2) is 65.7 Å². The largest absolute Gasteiger partial charge is 0.205 e. The fourth-order valence-electron chi connectivity index (χ4n) is 1.26. The molecular formula is C15H11N. The molecule has 0 unspecified atom stereocenters. The van der Waals surface area contributed by atoms with Gasteiger partial charge in [-0.2, -0.15) is 0 Å². The number of rotatable bonds is 1. The topological polar surface area (TPSA) is 12.4 Å². The summed E-state index contributed by atoms with van der Waals surface area (Å²) in [7, 11) is 0. The SMILES string of the molecule is C(#Cc1ccccc1)N=Cc1ccccc1. The number of nitrogens with zero attached hydrogens (tertiary/aromatic N) is 1. The van der Waals surface area contributed by atoms with Crippen molar-refractivity contribution in [2.24, 2.45) is 4.99 Å². The fraction of sp³-hybridized carbons (Fsp3) is 0. The summed E-state index contributed by atoms with van der Waals surface area (Å²) in [6.45, 7) is 0. The Hall–Kier alpha value is -2.33. The van der Waals surface area contributed by atoms with E-state index in [-0.39, 0.29) is 0 Å². The van der Waals surface area contributed by atoms with Gasteiger partial charge in [-0.3, -0.25) is 0 Å². The maximum atomic E-state index is 4.05. The molecule has 0 spiro atoms. The summed E-state index contributed by atoms with van der Waals surface area (Å²) >= 11 is 0. The van der Waals surface area contributed by atoms with E-state index in [2.05, 4.69) is 17.0 Å². The minimum atomic E-state index is 0.979. The van der Waals surface area contributed by atoms with Gasteiger partial charge in [-0.05, 0) is 23.6 Å². The molecule has 2 aromatic rings. The molecule has 0 bridgehead atoms. The molecule has 0 fully saturated rings. The van der Waals surface area contributed by atoms with Crippen LogP contribution >= 0.6 is 0 Å². The summed E-state index contributed by atoms with van der Waals surface area (Å²) in [6.07, 6.45) is 1.76. The van der Waals surface area contributed by atoms with Crippen molar-refractivity contribution in [3.8, 4) is 12.0 Å². The van der Waals surface area contributed by atoms with Crippen LogP contribution in [0.3, 0.4) is 0 Å². The highest BCUT2D eigenvalue weighted by Crippen LogP contribution is 1.95. The molecule has 1 nitrogen and oxygen atoms in total. The molecular weight excluding hydrogens is 194 g/mol. The lowest BCUT2D eigenvalue weighted by atomic mass is 10.2. The Labute approximate surface area is 95.5 Å². The van der Waals surface area contributed by atoms with E-state index in [0.29, 0.717) is 0 Å². The number of hydrogen-bond donors (Lipinski definition) is 0. The minimum absolute atomic E-state index is 0.979. The molecule has 0 aromatic heterocycles. The molecule has 0 aliphatic carbocycles. The Bertz CT molecular complexity index is 516. The predicted octanol–water partition coefficient (Wildman–Crippen LogP) is 3.11. The molecule has 0 amide bonds. The van der Waals surface area contributed by atoms with Crippen LogP contribution in [0, 0.1) is 12.0 Å². The van der Waals surface area contributed by atoms with Crippen molar-refractivity contribution >= 4 is 6.21 Å². The van der Waals surface area contributed by atoms with Gasteiger partial charge in [0.1, 0.15) is 0 Å². The summed E-state index contributed by atoms with van der Waals surface area (Å²) in [6, 6.07) is 22.5. The lowest BCUT2D eigenvalue weighted by molar-refractivity contribution is 1.61. The van der Waals surface area contributed by atoms with Gasteiger partial charge in [0, 0.05) is 17.8 Å². The van der Waals surface area contributed by atoms with Crippen LogP contribution in [0.4, 0.5) is 0 Å². The van der Waals surface area contributed by atoms with Gasteiger partial charge < -0.3 is 0 Å². The third kappa shape index (κ3) is 3.11. The van der Waals surface area contributed by atoms with E-state index in [9.17, 15) is 0 Å². The highest BCUT2D eigenvalue weighted by atomic mass is 14.6. The van der Waals surface area contributed by atoms with Crippen molar-refractivity contribution in [3.63, 3.8) is 0 Å². The summed E-state index contributed by atoms with van der Waals surface area (Å²) in [5.74, 6) is 2.97. The molecule has 0 N–H and O–H groups in total. The van der Waals surface area contributed by atoms with Crippen LogP contribution in [0.25, 0.3) is 0 Å². The van der Waals surface area contributed by atoms with Crippen molar-refractivity contribution < 1.29 is 0 Å². The van der Waals surface area contributed by atoms with Crippen LogP contribution < -0.4 is 0 Å². The normalized spacial score (nSPS) is 9.75. The van der Waals surface area contributed by atoms with E-state index < -0.39 is 0 Å². The predicted molar refractivity (Wildman–Crippen MR) is 67.4 cm³/mol. The second-order valence-electron chi connectivity index (χ2n) is 3.27. The van der Waals surface area contributed by atoms with Crippen LogP contribution in [0.2, 0.25) is 0 Å². The first-order valence-electron chi connectivity index (χ1n) is 5.09. The average Bonchev–Trinajstić information content (AvgIpc) is 2.37. The molecule has 2 aromatic carbocycles. The standard InChI is InChI=1S/C15H11N/c1-3-7-14(8-4-1)11-12-16-13-15-9-5-2-6-10-15/h1-10,13H. The van der Waals surface area contributed by atoms with Crippen molar-refractivity contribution in [2.75, 3.05) is 0 Å². The second kappa shape index (κ2) is 5.53. The molecule has 16 heavy (non-hydrogen) atoms. The molecule has 0 radical (unpaired) electrons. The van der Waals surface area contributed by atoms with Gasteiger partial charge in [-0.1, -0.05) is 48.5 Å². The third-order valence-electron chi connectivity index (χ3n) is 2.05. The van der Waals surface area contributed by atoms with Gasteiger partial charge >= 0.3 is 0 Å². The number of hydrogen-bond acceptors (Lipinski definition) is 1. The van der Waals surface area contributed by atoms with Gasteiger partial charge in [-0.25, -0.2) is 4.99 Å². The maximum Gasteiger partial charge on any atom is 0.0448 e. The summed E-state index contributed by atoms with van der Waals surface area (Å²) < 4.78 is 0. The zero-order valence-electron chi connectivity index (χ0n) is 8.80. The smallest absolute Gasteiger partial charge is 0.0448 e. The Morgan fingerprint density at radius 3 is 2.12 bits per heavy atom. The monoisotopic (exact) mass is 205 g/mol. The van der Waals surface area contributed by atoms with E-state index in [1.165, 1.54) is 0 Å². The van der Waals surface area contributed by atoms with Crippen LogP contribution in [0.1, 0.15) is 11.1 Å². The molecule has 76 valence electrons. The Morgan fingerprint density at radius 2 is 1.44 bits per heavy atom. The van der Waals surface area contributed by atoms with Crippen molar-refractivity contribution in [1.29, 1.82) is 0 Å². The van der Waals surface area contributed by atoms with Crippen molar-refractivity contribution in [3.05, 3.63) is 71.8 Å². The maximum absolute atomic E-state index is 4.05. The highest BCUT2D eigenvalue weighted by Gasteiger charge is 1.82. The van der Waals surface area contributed by atoms with E-state index in [1.54, 1.807) is 6.21 Å². The minimum Gasteiger partial charge on any atom is -0.205 e. The number of benzene rings is 2. The Balaban J connectivity index is 2.03. The molecule has 0 heterocycles. The lowest BCUT2D eigenvalue weighted by Crippen LogP contribution is -1.77. The van der Waals surface area contributed by atoms with Gasteiger partial charge in [-0.15, -0.1) is 0 Å². The van der Waals surface area contributed by atoms with E-state index in [0.717, 1.165) is 11.1 Å². The molecule has 2 rings (SSSR count). The molecule has 0 aliphatic heterocycles. The molecule has 1 heteroatoms. The van der Waals surface area contributed by atoms with Crippen molar-refractivity contribution in [2.45, 2.75) is 0 Å².